The molecule has 7 heteroatoms. The van der Waals surface area contributed by atoms with Gasteiger partial charge in [-0.25, -0.2) is 0 Å². The summed E-state index contributed by atoms with van der Waals surface area (Å²) in [4.78, 5) is 23.1. The summed E-state index contributed by atoms with van der Waals surface area (Å²) in [7, 11) is 0. The quantitative estimate of drug-likeness (QED) is 0.655. The molecule has 148 valence electrons. The lowest BCUT2D eigenvalue weighted by molar-refractivity contribution is 0.102. The molecular formula is C22H22N4O2S. The van der Waals surface area contributed by atoms with Gasteiger partial charge in [-0.2, -0.15) is 0 Å². The normalized spacial score (nSPS) is 14.6. The number of hydrogen-bond donors (Lipinski definition) is 1. The lowest BCUT2D eigenvalue weighted by Gasteiger charge is -2.31. The summed E-state index contributed by atoms with van der Waals surface area (Å²) in [6, 6.07) is 12.4. The number of rotatable bonds is 3. The molecule has 6 nitrogen and oxygen atoms in total. The van der Waals surface area contributed by atoms with Crippen LogP contribution in [-0.4, -0.2) is 39.0 Å². The lowest BCUT2D eigenvalue weighted by Crippen LogP contribution is -2.39. The maximum Gasteiger partial charge on any atom is 0.264 e. The Morgan fingerprint density at radius 2 is 1.76 bits per heavy atom. The summed E-state index contributed by atoms with van der Waals surface area (Å²) < 4.78 is 5.80. The van der Waals surface area contributed by atoms with Gasteiger partial charge in [-0.05, 0) is 73.4 Å². The van der Waals surface area contributed by atoms with Crippen LogP contribution in [0.2, 0.25) is 0 Å². The number of thiocarbonyl (C=S) groups is 1. The first-order valence-electron chi connectivity index (χ1n) is 9.67. The Hall–Kier alpha value is -3.06. The number of nitrogens with zero attached hydrogens (tertiary/aromatic N) is 3. The second kappa shape index (κ2) is 8.53. The zero-order valence-electron chi connectivity index (χ0n) is 16.2. The summed E-state index contributed by atoms with van der Waals surface area (Å²) in [5.74, 6) is 1.17. The number of aromatic nitrogens is 2. The van der Waals surface area contributed by atoms with E-state index in [0.717, 1.165) is 42.9 Å². The van der Waals surface area contributed by atoms with E-state index in [1.807, 2.05) is 12.1 Å². The molecule has 1 amide bonds. The standard InChI is InChI=1S/C22H22N4O2S/c1-15-8-12-26(13-9-15)22(29)28-18-5-2-16(3-6-18)21(27)25-17-4-7-19-20(14-17)24-11-10-23-19/h2-7,10-11,14-15H,8-9,12-13H2,1H3,(H,25,27). The van der Waals surface area contributed by atoms with E-state index in [1.165, 1.54) is 0 Å². The number of likely N-dealkylation sites (tertiary alicyclic amines) is 1. The maximum absolute atomic E-state index is 12.5. The highest BCUT2D eigenvalue weighted by Gasteiger charge is 2.19. The fourth-order valence-corrected chi connectivity index (χ4v) is 3.55. The molecule has 1 aliphatic rings. The molecule has 1 saturated heterocycles. The molecule has 2 aromatic carbocycles. The number of carbonyl (C=O) groups is 1. The van der Waals surface area contributed by atoms with E-state index in [1.54, 1.807) is 42.7 Å². The van der Waals surface area contributed by atoms with Gasteiger partial charge in [-0.15, -0.1) is 0 Å². The Morgan fingerprint density at radius 1 is 1.07 bits per heavy atom. The van der Waals surface area contributed by atoms with Gasteiger partial charge >= 0.3 is 0 Å². The average Bonchev–Trinajstić information content (AvgIpc) is 2.74. The highest BCUT2D eigenvalue weighted by Crippen LogP contribution is 2.20. The van der Waals surface area contributed by atoms with Gasteiger partial charge in [0.1, 0.15) is 5.75 Å². The summed E-state index contributed by atoms with van der Waals surface area (Å²) in [5.41, 5.74) is 2.72. The van der Waals surface area contributed by atoms with E-state index in [4.69, 9.17) is 17.0 Å². The van der Waals surface area contributed by atoms with Crippen molar-refractivity contribution in [3.05, 3.63) is 60.4 Å². The number of anilines is 1. The van der Waals surface area contributed by atoms with Crippen LogP contribution < -0.4 is 10.1 Å². The number of fused-ring (bicyclic) bond motifs is 1. The Labute approximate surface area is 174 Å². The van der Waals surface area contributed by atoms with Gasteiger partial charge in [0, 0.05) is 36.7 Å². The number of piperidine rings is 1. The SMILES string of the molecule is CC1CCN(C(=S)Oc2ccc(C(=O)Nc3ccc4nccnc4c3)cc2)CC1. The van der Waals surface area contributed by atoms with Gasteiger partial charge in [0.2, 0.25) is 0 Å². The molecular weight excluding hydrogens is 384 g/mol. The first-order chi connectivity index (χ1) is 14.1. The third-order valence-corrected chi connectivity index (χ3v) is 5.43. The summed E-state index contributed by atoms with van der Waals surface area (Å²) >= 11 is 5.42. The molecule has 0 radical (unpaired) electrons. The molecule has 4 rings (SSSR count). The highest BCUT2D eigenvalue weighted by molar-refractivity contribution is 7.80. The van der Waals surface area contributed by atoms with Crippen LogP contribution in [0.25, 0.3) is 11.0 Å². The number of carbonyl (C=O) groups excluding carboxylic acids is 1. The third kappa shape index (κ3) is 4.68. The smallest absolute Gasteiger partial charge is 0.264 e. The minimum Gasteiger partial charge on any atom is -0.432 e. The van der Waals surface area contributed by atoms with E-state index in [2.05, 4.69) is 27.1 Å². The van der Waals surface area contributed by atoms with E-state index in [9.17, 15) is 4.79 Å². The van der Waals surface area contributed by atoms with Crippen LogP contribution in [0.5, 0.6) is 5.75 Å². The van der Waals surface area contributed by atoms with Gasteiger partial charge in [0.25, 0.3) is 11.1 Å². The van der Waals surface area contributed by atoms with Gasteiger partial charge in [0.15, 0.2) is 0 Å². The van der Waals surface area contributed by atoms with Crippen molar-refractivity contribution in [1.29, 1.82) is 0 Å². The minimum atomic E-state index is -0.201. The lowest BCUT2D eigenvalue weighted by atomic mass is 10.00. The Bertz CT molecular complexity index is 1030. The highest BCUT2D eigenvalue weighted by atomic mass is 32.1. The van der Waals surface area contributed by atoms with E-state index < -0.39 is 0 Å². The molecule has 1 aromatic heterocycles. The fourth-order valence-electron chi connectivity index (χ4n) is 3.28. The van der Waals surface area contributed by atoms with E-state index in [0.29, 0.717) is 22.2 Å². The van der Waals surface area contributed by atoms with Gasteiger partial charge < -0.3 is 15.0 Å². The van der Waals surface area contributed by atoms with Crippen LogP contribution in [0.3, 0.4) is 0 Å². The zero-order chi connectivity index (χ0) is 20.2. The van der Waals surface area contributed by atoms with Crippen LogP contribution in [0.4, 0.5) is 5.69 Å². The first kappa shape index (κ1) is 19.3. The fraction of sp³-hybridized carbons (Fsp3) is 0.273. The van der Waals surface area contributed by atoms with Crippen LogP contribution in [0, 0.1) is 5.92 Å². The predicted molar refractivity (Wildman–Crippen MR) is 117 cm³/mol. The predicted octanol–water partition coefficient (Wildman–Crippen LogP) is 4.28. The number of ether oxygens (including phenoxy) is 1. The van der Waals surface area contributed by atoms with Crippen LogP contribution in [-0.2, 0) is 0 Å². The van der Waals surface area contributed by atoms with Crippen LogP contribution >= 0.6 is 12.2 Å². The molecule has 2 heterocycles. The van der Waals surface area contributed by atoms with E-state index >= 15 is 0 Å². The number of hydrogen-bond acceptors (Lipinski definition) is 5. The molecule has 0 unspecified atom stereocenters. The van der Waals surface area contributed by atoms with Crippen molar-refractivity contribution in [2.24, 2.45) is 5.92 Å². The number of nitrogens with one attached hydrogen (secondary N) is 1. The topological polar surface area (TPSA) is 67.3 Å². The Kier molecular flexibility index (Phi) is 5.67. The molecule has 0 bridgehead atoms. The molecule has 0 atom stereocenters. The third-order valence-electron chi connectivity index (χ3n) is 5.09. The van der Waals surface area contributed by atoms with E-state index in [-0.39, 0.29) is 5.91 Å². The van der Waals surface area contributed by atoms with Gasteiger partial charge in [-0.3, -0.25) is 14.8 Å². The second-order valence-corrected chi connectivity index (χ2v) is 7.63. The molecule has 1 fully saturated rings. The maximum atomic E-state index is 12.5. The van der Waals surface area contributed by atoms with Crippen molar-refractivity contribution in [2.45, 2.75) is 19.8 Å². The molecule has 3 aromatic rings. The largest absolute Gasteiger partial charge is 0.432 e. The summed E-state index contributed by atoms with van der Waals surface area (Å²) in [6.07, 6.45) is 5.52. The summed E-state index contributed by atoms with van der Waals surface area (Å²) in [6.45, 7) is 4.11. The van der Waals surface area contributed by atoms with Crippen molar-refractivity contribution < 1.29 is 9.53 Å². The number of amides is 1. The van der Waals surface area contributed by atoms with Crippen LogP contribution in [0.15, 0.2) is 54.9 Å². The van der Waals surface area contributed by atoms with Gasteiger partial charge in [0.05, 0.1) is 11.0 Å². The second-order valence-electron chi connectivity index (χ2n) is 7.28. The van der Waals surface area contributed by atoms with Crippen LogP contribution in [0.1, 0.15) is 30.1 Å². The summed E-state index contributed by atoms with van der Waals surface area (Å²) in [5, 5.41) is 3.38. The monoisotopic (exact) mass is 406 g/mol. The minimum absolute atomic E-state index is 0.201. The average molecular weight is 407 g/mol. The molecule has 0 saturated carbocycles. The Balaban J connectivity index is 1.37. The van der Waals surface area contributed by atoms with Crippen molar-refractivity contribution in [2.75, 3.05) is 18.4 Å². The Morgan fingerprint density at radius 3 is 2.48 bits per heavy atom. The molecule has 1 aliphatic heterocycles. The van der Waals surface area contributed by atoms with Crippen molar-refractivity contribution >= 4 is 40.0 Å². The molecule has 1 N–H and O–H groups in total. The first-order valence-corrected chi connectivity index (χ1v) is 10.1. The number of benzene rings is 2. The van der Waals surface area contributed by atoms with Crippen molar-refractivity contribution in [3.63, 3.8) is 0 Å². The molecule has 0 spiro atoms. The molecule has 0 aliphatic carbocycles. The molecule has 29 heavy (non-hydrogen) atoms. The zero-order valence-corrected chi connectivity index (χ0v) is 17.0. The van der Waals surface area contributed by atoms with Crippen molar-refractivity contribution in [3.8, 4) is 5.75 Å². The van der Waals surface area contributed by atoms with Crippen molar-refractivity contribution in [1.82, 2.24) is 14.9 Å². The van der Waals surface area contributed by atoms with Gasteiger partial charge in [-0.1, -0.05) is 6.92 Å².